The standard InChI is InChI=1S/C11H21N3.C2H6/c1-13(2)11(10-12)6-9-14-7-4-3-5-8-14;1-2/h11H,3-9H2,1-2H3;1-2H3. The van der Waals surface area contributed by atoms with Crippen LogP contribution in [0.5, 0.6) is 0 Å². The first-order chi connectivity index (χ1) is 7.74. The SMILES string of the molecule is CC.CN(C)C(C#N)CCN1CCCCC1. The first-order valence-electron chi connectivity index (χ1n) is 6.52. The average Bonchev–Trinajstić information content (AvgIpc) is 2.33. The van der Waals surface area contributed by atoms with Crippen molar-refractivity contribution in [3.05, 3.63) is 0 Å². The van der Waals surface area contributed by atoms with Crippen LogP contribution in [0.3, 0.4) is 0 Å². The van der Waals surface area contributed by atoms with Gasteiger partial charge in [0.15, 0.2) is 0 Å². The molecule has 0 aliphatic carbocycles. The van der Waals surface area contributed by atoms with Crippen LogP contribution in [-0.4, -0.2) is 49.6 Å². The Morgan fingerprint density at radius 2 is 1.75 bits per heavy atom. The smallest absolute Gasteiger partial charge is 0.0985 e. The van der Waals surface area contributed by atoms with Gasteiger partial charge in [0, 0.05) is 6.54 Å². The lowest BCUT2D eigenvalue weighted by atomic mass is 10.1. The molecule has 3 nitrogen and oxygen atoms in total. The molecule has 94 valence electrons. The minimum atomic E-state index is 0.0805. The summed E-state index contributed by atoms with van der Waals surface area (Å²) in [6, 6.07) is 2.42. The van der Waals surface area contributed by atoms with Gasteiger partial charge in [-0.3, -0.25) is 4.90 Å². The zero-order chi connectivity index (χ0) is 12.4. The van der Waals surface area contributed by atoms with Crippen LogP contribution >= 0.6 is 0 Å². The van der Waals surface area contributed by atoms with Crippen molar-refractivity contribution in [3.8, 4) is 6.07 Å². The van der Waals surface area contributed by atoms with E-state index < -0.39 is 0 Å². The van der Waals surface area contributed by atoms with E-state index in [0.29, 0.717) is 0 Å². The number of nitrogens with zero attached hydrogens (tertiary/aromatic N) is 3. The highest BCUT2D eigenvalue weighted by atomic mass is 15.1. The van der Waals surface area contributed by atoms with Crippen molar-refractivity contribution in [1.82, 2.24) is 9.80 Å². The molecule has 0 saturated carbocycles. The molecule has 0 amide bonds. The lowest BCUT2D eigenvalue weighted by Gasteiger charge is -2.28. The molecule has 0 aromatic rings. The molecule has 0 radical (unpaired) electrons. The van der Waals surface area contributed by atoms with E-state index in [4.69, 9.17) is 5.26 Å². The molecule has 3 heteroatoms. The van der Waals surface area contributed by atoms with Crippen molar-refractivity contribution in [3.63, 3.8) is 0 Å². The normalized spacial score (nSPS) is 18.5. The number of nitriles is 1. The molecule has 1 unspecified atom stereocenters. The van der Waals surface area contributed by atoms with Gasteiger partial charge in [-0.15, -0.1) is 0 Å². The van der Waals surface area contributed by atoms with Gasteiger partial charge in [0.05, 0.1) is 12.1 Å². The molecule has 0 aromatic heterocycles. The van der Waals surface area contributed by atoms with Crippen molar-refractivity contribution in [2.45, 2.75) is 45.6 Å². The second kappa shape index (κ2) is 9.62. The van der Waals surface area contributed by atoms with E-state index in [0.717, 1.165) is 13.0 Å². The van der Waals surface area contributed by atoms with E-state index in [-0.39, 0.29) is 6.04 Å². The number of hydrogen-bond donors (Lipinski definition) is 0. The third-order valence-electron chi connectivity index (χ3n) is 2.94. The molecule has 1 aliphatic heterocycles. The maximum absolute atomic E-state index is 8.92. The van der Waals surface area contributed by atoms with E-state index in [1.165, 1.54) is 32.4 Å². The zero-order valence-electron chi connectivity index (χ0n) is 11.4. The molecule has 1 rings (SSSR count). The zero-order valence-corrected chi connectivity index (χ0v) is 11.4. The molecule has 0 bridgehead atoms. The predicted molar refractivity (Wildman–Crippen MR) is 69.3 cm³/mol. The average molecular weight is 225 g/mol. The van der Waals surface area contributed by atoms with Gasteiger partial charge in [0.25, 0.3) is 0 Å². The van der Waals surface area contributed by atoms with E-state index in [1.807, 2.05) is 32.8 Å². The van der Waals surface area contributed by atoms with E-state index >= 15 is 0 Å². The van der Waals surface area contributed by atoms with Crippen LogP contribution in [-0.2, 0) is 0 Å². The third-order valence-corrected chi connectivity index (χ3v) is 2.94. The number of likely N-dealkylation sites (tertiary alicyclic amines) is 1. The summed E-state index contributed by atoms with van der Waals surface area (Å²) < 4.78 is 0. The van der Waals surface area contributed by atoms with Crippen LogP contribution in [0.4, 0.5) is 0 Å². The van der Waals surface area contributed by atoms with Gasteiger partial charge < -0.3 is 4.90 Å². The summed E-state index contributed by atoms with van der Waals surface area (Å²) in [7, 11) is 3.95. The second-order valence-electron chi connectivity index (χ2n) is 4.30. The summed E-state index contributed by atoms with van der Waals surface area (Å²) in [5.41, 5.74) is 0. The molecule has 0 N–H and O–H groups in total. The Bertz CT molecular complexity index is 190. The molecule has 16 heavy (non-hydrogen) atoms. The summed E-state index contributed by atoms with van der Waals surface area (Å²) in [4.78, 5) is 4.49. The van der Waals surface area contributed by atoms with Crippen molar-refractivity contribution < 1.29 is 0 Å². The Balaban J connectivity index is 0.00000106. The van der Waals surface area contributed by atoms with Crippen LogP contribution < -0.4 is 0 Å². The molecule has 1 heterocycles. The van der Waals surface area contributed by atoms with Gasteiger partial charge in [-0.2, -0.15) is 5.26 Å². The minimum Gasteiger partial charge on any atom is -0.303 e. The van der Waals surface area contributed by atoms with Gasteiger partial charge in [-0.1, -0.05) is 20.3 Å². The molecular formula is C13H27N3. The summed E-state index contributed by atoms with van der Waals surface area (Å²) in [5, 5.41) is 8.92. The largest absolute Gasteiger partial charge is 0.303 e. The first kappa shape index (κ1) is 15.4. The second-order valence-corrected chi connectivity index (χ2v) is 4.30. The Kier molecular flexibility index (Phi) is 9.27. The maximum Gasteiger partial charge on any atom is 0.0985 e. The van der Waals surface area contributed by atoms with Crippen LogP contribution in [0.25, 0.3) is 0 Å². The van der Waals surface area contributed by atoms with E-state index in [2.05, 4.69) is 11.0 Å². The lowest BCUT2D eigenvalue weighted by molar-refractivity contribution is 0.206. The first-order valence-corrected chi connectivity index (χ1v) is 6.52. The fourth-order valence-corrected chi connectivity index (χ4v) is 1.93. The minimum absolute atomic E-state index is 0.0805. The topological polar surface area (TPSA) is 30.3 Å². The van der Waals surface area contributed by atoms with Crippen LogP contribution in [0.1, 0.15) is 39.5 Å². The highest BCUT2D eigenvalue weighted by molar-refractivity contribution is 4.90. The number of hydrogen-bond acceptors (Lipinski definition) is 3. The quantitative estimate of drug-likeness (QED) is 0.735. The van der Waals surface area contributed by atoms with Gasteiger partial charge in [0.1, 0.15) is 0 Å². The highest BCUT2D eigenvalue weighted by Crippen LogP contribution is 2.10. The maximum atomic E-state index is 8.92. The Morgan fingerprint density at radius 3 is 2.19 bits per heavy atom. The van der Waals surface area contributed by atoms with Crippen molar-refractivity contribution >= 4 is 0 Å². The van der Waals surface area contributed by atoms with Gasteiger partial charge in [-0.05, 0) is 46.4 Å². The number of piperidine rings is 1. The molecular weight excluding hydrogens is 198 g/mol. The summed E-state index contributed by atoms with van der Waals surface area (Å²) in [5.74, 6) is 0. The monoisotopic (exact) mass is 225 g/mol. The molecule has 1 atom stereocenters. The van der Waals surface area contributed by atoms with Gasteiger partial charge in [-0.25, -0.2) is 0 Å². The van der Waals surface area contributed by atoms with Gasteiger partial charge >= 0.3 is 0 Å². The van der Waals surface area contributed by atoms with Crippen LogP contribution in [0.2, 0.25) is 0 Å². The van der Waals surface area contributed by atoms with Gasteiger partial charge in [0.2, 0.25) is 0 Å². The fraction of sp³-hybridized carbons (Fsp3) is 0.923. The van der Waals surface area contributed by atoms with Crippen LogP contribution in [0, 0.1) is 11.3 Å². The molecule has 1 saturated heterocycles. The predicted octanol–water partition coefficient (Wildman–Crippen LogP) is 2.34. The van der Waals surface area contributed by atoms with Crippen molar-refractivity contribution in [2.75, 3.05) is 33.7 Å². The fourth-order valence-electron chi connectivity index (χ4n) is 1.93. The Morgan fingerprint density at radius 1 is 1.19 bits per heavy atom. The van der Waals surface area contributed by atoms with Crippen LogP contribution in [0.15, 0.2) is 0 Å². The van der Waals surface area contributed by atoms with Crippen molar-refractivity contribution in [2.24, 2.45) is 0 Å². The summed E-state index contributed by atoms with van der Waals surface area (Å²) >= 11 is 0. The highest BCUT2D eigenvalue weighted by Gasteiger charge is 2.14. The molecule has 1 aliphatic rings. The third kappa shape index (κ3) is 6.09. The number of rotatable bonds is 4. The van der Waals surface area contributed by atoms with E-state index in [1.54, 1.807) is 0 Å². The lowest BCUT2D eigenvalue weighted by Crippen LogP contribution is -2.35. The molecule has 0 spiro atoms. The molecule has 0 aromatic carbocycles. The van der Waals surface area contributed by atoms with Crippen molar-refractivity contribution in [1.29, 1.82) is 5.26 Å². The Labute approximate surface area is 101 Å². The summed E-state index contributed by atoms with van der Waals surface area (Å²) in [6.45, 7) is 7.54. The summed E-state index contributed by atoms with van der Waals surface area (Å²) in [6.07, 6.45) is 5.02. The van der Waals surface area contributed by atoms with E-state index in [9.17, 15) is 0 Å². The Hall–Kier alpha value is -0.590. The molecule has 1 fully saturated rings.